The highest BCUT2D eigenvalue weighted by Crippen LogP contribution is 2.24. The topological polar surface area (TPSA) is 12.0 Å². The lowest BCUT2D eigenvalue weighted by Gasteiger charge is -2.15. The van der Waals surface area contributed by atoms with Gasteiger partial charge in [-0.15, -0.1) is 0 Å². The van der Waals surface area contributed by atoms with Gasteiger partial charge in [0, 0.05) is 17.8 Å². The van der Waals surface area contributed by atoms with Crippen molar-refractivity contribution >= 4 is 5.69 Å². The molecule has 1 N–H and O–H groups in total. The van der Waals surface area contributed by atoms with Crippen LogP contribution in [0.25, 0.3) is 0 Å². The lowest BCUT2D eigenvalue weighted by molar-refractivity contribution is 0.500. The van der Waals surface area contributed by atoms with Crippen molar-refractivity contribution in [2.45, 2.75) is 33.2 Å². The van der Waals surface area contributed by atoms with Crippen LogP contribution in [0.4, 0.5) is 14.5 Å². The summed E-state index contributed by atoms with van der Waals surface area (Å²) in [6, 6.07) is 10.4. The van der Waals surface area contributed by atoms with Gasteiger partial charge in [0.05, 0.1) is 0 Å². The molecule has 0 radical (unpaired) electrons. The van der Waals surface area contributed by atoms with E-state index in [2.05, 4.69) is 31.3 Å². The van der Waals surface area contributed by atoms with Gasteiger partial charge in [0.1, 0.15) is 0 Å². The molecule has 2 aromatic rings. The maximum absolute atomic E-state index is 13.7. The van der Waals surface area contributed by atoms with Crippen molar-refractivity contribution in [2.75, 3.05) is 5.32 Å². The summed E-state index contributed by atoms with van der Waals surface area (Å²) in [5, 5.41) is 3.26. The van der Waals surface area contributed by atoms with Gasteiger partial charge >= 0.3 is 0 Å². The highest BCUT2D eigenvalue weighted by Gasteiger charge is 2.10. The molecular weight excluding hydrogens is 256 g/mol. The summed E-state index contributed by atoms with van der Waals surface area (Å²) in [6.07, 6.45) is 1.81. The number of anilines is 1. The molecule has 2 rings (SSSR count). The van der Waals surface area contributed by atoms with E-state index in [0.717, 1.165) is 24.6 Å². The third-order valence-electron chi connectivity index (χ3n) is 3.49. The number of para-hydroxylation sites is 1. The fourth-order valence-corrected chi connectivity index (χ4v) is 2.34. The first-order valence-corrected chi connectivity index (χ1v) is 6.94. The Kier molecular flexibility index (Phi) is 4.72. The first-order valence-electron chi connectivity index (χ1n) is 6.94. The minimum atomic E-state index is -0.802. The molecule has 0 amide bonds. The highest BCUT2D eigenvalue weighted by molar-refractivity contribution is 5.58. The van der Waals surface area contributed by atoms with Crippen molar-refractivity contribution in [3.05, 3.63) is 64.7 Å². The van der Waals surface area contributed by atoms with E-state index < -0.39 is 11.6 Å². The molecule has 0 aliphatic rings. The first kappa shape index (κ1) is 14.5. The Labute approximate surface area is 118 Å². The number of rotatable bonds is 5. The van der Waals surface area contributed by atoms with Gasteiger partial charge < -0.3 is 5.32 Å². The summed E-state index contributed by atoms with van der Waals surface area (Å²) >= 11 is 0. The molecule has 106 valence electrons. The summed E-state index contributed by atoms with van der Waals surface area (Å²) < 4.78 is 26.8. The Bertz CT molecular complexity index is 571. The Morgan fingerprint density at radius 2 is 1.40 bits per heavy atom. The van der Waals surface area contributed by atoms with Crippen molar-refractivity contribution in [1.82, 2.24) is 0 Å². The summed E-state index contributed by atoms with van der Waals surface area (Å²) in [6.45, 7) is 4.46. The molecule has 0 aromatic heterocycles. The lowest BCUT2D eigenvalue weighted by atomic mass is 10.0. The average molecular weight is 275 g/mol. The smallest absolute Gasteiger partial charge is 0.163 e. The van der Waals surface area contributed by atoms with E-state index in [1.54, 1.807) is 6.07 Å². The molecule has 0 aliphatic carbocycles. The zero-order valence-electron chi connectivity index (χ0n) is 11.8. The van der Waals surface area contributed by atoms with Crippen LogP contribution in [0.15, 0.2) is 36.4 Å². The lowest BCUT2D eigenvalue weighted by Crippen LogP contribution is -2.07. The molecule has 0 saturated carbocycles. The molecule has 20 heavy (non-hydrogen) atoms. The number of aryl methyl sites for hydroxylation is 2. The monoisotopic (exact) mass is 275 g/mol. The van der Waals surface area contributed by atoms with Crippen LogP contribution in [-0.2, 0) is 19.4 Å². The van der Waals surface area contributed by atoms with E-state index in [1.807, 2.05) is 6.07 Å². The minimum Gasteiger partial charge on any atom is -0.380 e. The summed E-state index contributed by atoms with van der Waals surface area (Å²) in [4.78, 5) is 0. The van der Waals surface area contributed by atoms with Crippen LogP contribution in [0.5, 0.6) is 0 Å². The van der Waals surface area contributed by atoms with Gasteiger partial charge in [-0.2, -0.15) is 0 Å². The van der Waals surface area contributed by atoms with Crippen molar-refractivity contribution in [3.63, 3.8) is 0 Å². The molecule has 0 unspecified atom stereocenters. The third kappa shape index (κ3) is 2.98. The normalized spacial score (nSPS) is 10.6. The van der Waals surface area contributed by atoms with Gasteiger partial charge in [-0.3, -0.25) is 0 Å². The largest absolute Gasteiger partial charge is 0.380 e. The molecule has 0 spiro atoms. The molecule has 0 bridgehead atoms. The van der Waals surface area contributed by atoms with E-state index in [-0.39, 0.29) is 6.54 Å². The fourth-order valence-electron chi connectivity index (χ4n) is 2.34. The molecule has 0 atom stereocenters. The maximum atomic E-state index is 13.7. The van der Waals surface area contributed by atoms with E-state index in [9.17, 15) is 8.78 Å². The number of nitrogens with one attached hydrogen (secondary N) is 1. The molecule has 0 heterocycles. The Morgan fingerprint density at radius 1 is 0.850 bits per heavy atom. The fraction of sp³-hybridized carbons (Fsp3) is 0.294. The third-order valence-corrected chi connectivity index (χ3v) is 3.49. The Hall–Kier alpha value is -1.90. The Morgan fingerprint density at radius 3 is 2.00 bits per heavy atom. The average Bonchev–Trinajstić information content (AvgIpc) is 2.48. The SMILES string of the molecule is CCc1cccc(CC)c1NCc1cccc(F)c1F. The summed E-state index contributed by atoms with van der Waals surface area (Å²) in [5.74, 6) is -1.57. The molecule has 0 saturated heterocycles. The van der Waals surface area contributed by atoms with Gasteiger partial charge in [0.25, 0.3) is 0 Å². The van der Waals surface area contributed by atoms with Gasteiger partial charge in [-0.25, -0.2) is 8.78 Å². The minimum absolute atomic E-state index is 0.285. The van der Waals surface area contributed by atoms with Gasteiger partial charge in [0.15, 0.2) is 11.6 Å². The second-order valence-electron chi connectivity index (χ2n) is 4.72. The molecule has 2 aromatic carbocycles. The summed E-state index contributed by atoms with van der Waals surface area (Å²) in [7, 11) is 0. The maximum Gasteiger partial charge on any atom is 0.163 e. The molecular formula is C17H19F2N. The Balaban J connectivity index is 2.24. The van der Waals surface area contributed by atoms with Crippen molar-refractivity contribution in [2.24, 2.45) is 0 Å². The van der Waals surface area contributed by atoms with Crippen LogP contribution in [-0.4, -0.2) is 0 Å². The van der Waals surface area contributed by atoms with Gasteiger partial charge in [-0.1, -0.05) is 44.2 Å². The van der Waals surface area contributed by atoms with Crippen LogP contribution < -0.4 is 5.32 Å². The van der Waals surface area contributed by atoms with Crippen molar-refractivity contribution in [3.8, 4) is 0 Å². The van der Waals surface area contributed by atoms with Crippen LogP contribution >= 0.6 is 0 Å². The number of halogens is 2. The van der Waals surface area contributed by atoms with E-state index in [1.165, 1.54) is 17.2 Å². The standard InChI is InChI=1S/C17H19F2N/c1-3-12-7-5-8-13(4-2)17(12)20-11-14-9-6-10-15(18)16(14)19/h5-10,20H,3-4,11H2,1-2H3. The van der Waals surface area contributed by atoms with Crippen LogP contribution in [0, 0.1) is 11.6 Å². The van der Waals surface area contributed by atoms with Gasteiger partial charge in [0.2, 0.25) is 0 Å². The van der Waals surface area contributed by atoms with E-state index in [0.29, 0.717) is 5.56 Å². The van der Waals surface area contributed by atoms with E-state index in [4.69, 9.17) is 0 Å². The molecule has 0 fully saturated rings. The van der Waals surface area contributed by atoms with Crippen LogP contribution in [0.1, 0.15) is 30.5 Å². The quantitative estimate of drug-likeness (QED) is 0.834. The highest BCUT2D eigenvalue weighted by atomic mass is 19.2. The van der Waals surface area contributed by atoms with Crippen LogP contribution in [0.2, 0.25) is 0 Å². The molecule has 3 heteroatoms. The zero-order valence-corrected chi connectivity index (χ0v) is 11.8. The number of hydrogen-bond acceptors (Lipinski definition) is 1. The summed E-state index contributed by atoms with van der Waals surface area (Å²) in [5.41, 5.74) is 3.78. The van der Waals surface area contributed by atoms with Gasteiger partial charge in [-0.05, 0) is 30.0 Å². The predicted molar refractivity (Wildman–Crippen MR) is 78.9 cm³/mol. The second kappa shape index (κ2) is 6.51. The van der Waals surface area contributed by atoms with Crippen molar-refractivity contribution < 1.29 is 8.78 Å². The predicted octanol–water partition coefficient (Wildman–Crippen LogP) is 4.70. The molecule has 0 aliphatic heterocycles. The van der Waals surface area contributed by atoms with Crippen LogP contribution in [0.3, 0.4) is 0 Å². The molecule has 1 nitrogen and oxygen atoms in total. The second-order valence-corrected chi connectivity index (χ2v) is 4.72. The number of hydrogen-bond donors (Lipinski definition) is 1. The first-order chi connectivity index (χ1) is 9.67. The zero-order chi connectivity index (χ0) is 14.5. The number of benzene rings is 2. The van der Waals surface area contributed by atoms with E-state index >= 15 is 0 Å². The van der Waals surface area contributed by atoms with Crippen molar-refractivity contribution in [1.29, 1.82) is 0 Å².